The van der Waals surface area contributed by atoms with Gasteiger partial charge in [0, 0.05) is 32.6 Å². The zero-order chi connectivity index (χ0) is 13.2. The van der Waals surface area contributed by atoms with Crippen molar-refractivity contribution in [3.05, 3.63) is 23.8 Å². The third-order valence-electron chi connectivity index (χ3n) is 5.01. The van der Waals surface area contributed by atoms with E-state index in [9.17, 15) is 4.79 Å². The van der Waals surface area contributed by atoms with E-state index in [1.165, 1.54) is 6.42 Å². The van der Waals surface area contributed by atoms with Gasteiger partial charge < -0.3 is 10.2 Å². The van der Waals surface area contributed by atoms with Crippen molar-refractivity contribution in [3.63, 3.8) is 0 Å². The molecule has 0 spiro atoms. The number of fused-ring (bicyclic) bond motifs is 2. The Morgan fingerprint density at radius 2 is 2.16 bits per heavy atom. The van der Waals surface area contributed by atoms with E-state index >= 15 is 0 Å². The zero-order valence-electron chi connectivity index (χ0n) is 11.8. The maximum absolute atomic E-state index is 11.4. The highest BCUT2D eigenvalue weighted by Gasteiger charge is 2.33. The molecule has 2 aliphatic heterocycles. The number of nitrogens with one attached hydrogen (secondary N) is 1. The first-order chi connectivity index (χ1) is 9.24. The smallest absolute Gasteiger partial charge is 0.219 e. The van der Waals surface area contributed by atoms with Crippen molar-refractivity contribution < 1.29 is 4.79 Å². The molecule has 1 aliphatic carbocycles. The molecule has 104 valence electrons. The van der Waals surface area contributed by atoms with Gasteiger partial charge in [0.15, 0.2) is 0 Å². The molecule has 0 aromatic rings. The van der Waals surface area contributed by atoms with E-state index in [4.69, 9.17) is 0 Å². The minimum absolute atomic E-state index is 0.233. The molecule has 2 bridgehead atoms. The quantitative estimate of drug-likeness (QED) is 0.783. The van der Waals surface area contributed by atoms with Crippen LogP contribution in [0.1, 0.15) is 32.6 Å². The van der Waals surface area contributed by atoms with E-state index < -0.39 is 0 Å². The number of piperidine rings is 2. The minimum atomic E-state index is 0.233. The van der Waals surface area contributed by atoms with Gasteiger partial charge in [-0.1, -0.05) is 23.8 Å². The van der Waals surface area contributed by atoms with Crippen LogP contribution in [0.2, 0.25) is 0 Å². The average molecular weight is 260 g/mol. The van der Waals surface area contributed by atoms with Gasteiger partial charge in [-0.05, 0) is 37.5 Å². The maximum atomic E-state index is 11.4. The number of carbonyl (C=O) groups is 1. The number of allylic oxidation sites excluding steroid dienone is 2. The largest absolute Gasteiger partial charge is 0.343 e. The molecule has 3 rings (SSSR count). The van der Waals surface area contributed by atoms with Crippen LogP contribution in [-0.4, -0.2) is 36.5 Å². The summed E-state index contributed by atoms with van der Waals surface area (Å²) in [6, 6.07) is 0.651. The third-order valence-corrected chi connectivity index (χ3v) is 5.01. The first kappa shape index (κ1) is 12.9. The van der Waals surface area contributed by atoms with E-state index in [-0.39, 0.29) is 5.91 Å². The van der Waals surface area contributed by atoms with Crippen LogP contribution < -0.4 is 5.32 Å². The van der Waals surface area contributed by atoms with Crippen molar-refractivity contribution in [2.45, 2.75) is 38.6 Å². The summed E-state index contributed by atoms with van der Waals surface area (Å²) in [5, 5.41) is 3.70. The highest BCUT2D eigenvalue weighted by molar-refractivity contribution is 5.73. The van der Waals surface area contributed by atoms with E-state index in [0.717, 1.165) is 44.8 Å². The molecule has 3 heteroatoms. The first-order valence-electron chi connectivity index (χ1n) is 7.58. The van der Waals surface area contributed by atoms with Crippen molar-refractivity contribution in [1.82, 2.24) is 10.2 Å². The topological polar surface area (TPSA) is 32.3 Å². The summed E-state index contributed by atoms with van der Waals surface area (Å²) in [6.45, 7) is 4.71. The summed E-state index contributed by atoms with van der Waals surface area (Å²) in [5.41, 5.74) is 1.64. The average Bonchev–Trinajstić information content (AvgIpc) is 2.61. The van der Waals surface area contributed by atoms with Crippen LogP contribution in [0.5, 0.6) is 0 Å². The molecule has 3 aliphatic rings. The second-order valence-electron chi connectivity index (χ2n) is 6.16. The standard InChI is InChI=1S/C16H24N2O/c1-12(19)18-8-6-13(7-9-18)16-11-17-15-5-3-2-4-14(16)10-15/h2-4,13,15-17H,5-11H2,1H3. The fourth-order valence-corrected chi connectivity index (χ4v) is 3.81. The Kier molecular flexibility index (Phi) is 3.74. The second-order valence-corrected chi connectivity index (χ2v) is 6.16. The second kappa shape index (κ2) is 5.49. The van der Waals surface area contributed by atoms with Gasteiger partial charge in [-0.15, -0.1) is 0 Å². The Hall–Kier alpha value is -1.09. The van der Waals surface area contributed by atoms with E-state index in [1.807, 2.05) is 4.90 Å². The molecule has 0 radical (unpaired) electrons. The monoisotopic (exact) mass is 260 g/mol. The molecule has 3 nitrogen and oxygen atoms in total. The SMILES string of the molecule is CC(=O)N1CCC(C2CNC3CC=CC=C2C3)CC1. The van der Waals surface area contributed by atoms with Crippen LogP contribution in [0.25, 0.3) is 0 Å². The molecular formula is C16H24N2O. The lowest BCUT2D eigenvalue weighted by atomic mass is 9.75. The van der Waals surface area contributed by atoms with Crippen LogP contribution in [0.4, 0.5) is 0 Å². The van der Waals surface area contributed by atoms with Gasteiger partial charge >= 0.3 is 0 Å². The number of amides is 1. The third kappa shape index (κ3) is 2.76. The van der Waals surface area contributed by atoms with Gasteiger partial charge in [0.25, 0.3) is 0 Å². The van der Waals surface area contributed by atoms with Gasteiger partial charge in [-0.25, -0.2) is 0 Å². The molecule has 0 aromatic heterocycles. The molecule has 1 N–H and O–H groups in total. The Morgan fingerprint density at radius 1 is 1.37 bits per heavy atom. The highest BCUT2D eigenvalue weighted by Crippen LogP contribution is 2.35. The summed E-state index contributed by atoms with van der Waals surface area (Å²) in [6.07, 6.45) is 11.6. The number of hydrogen-bond acceptors (Lipinski definition) is 2. The molecule has 1 amide bonds. The molecule has 2 unspecified atom stereocenters. The fraction of sp³-hybridized carbons (Fsp3) is 0.688. The number of rotatable bonds is 1. The highest BCUT2D eigenvalue weighted by atomic mass is 16.2. The van der Waals surface area contributed by atoms with Gasteiger partial charge in [-0.3, -0.25) is 4.79 Å². The van der Waals surface area contributed by atoms with Crippen LogP contribution >= 0.6 is 0 Å². The Morgan fingerprint density at radius 3 is 2.89 bits per heavy atom. The molecule has 2 heterocycles. The predicted octanol–water partition coefficient (Wildman–Crippen LogP) is 2.11. The summed E-state index contributed by atoms with van der Waals surface area (Å²) in [5.74, 6) is 1.67. The number of likely N-dealkylation sites (tertiary alicyclic amines) is 1. The summed E-state index contributed by atoms with van der Waals surface area (Å²) < 4.78 is 0. The Labute approximate surface area is 115 Å². The molecule has 0 aromatic carbocycles. The number of hydrogen-bond donors (Lipinski definition) is 1. The molecule has 0 saturated carbocycles. The van der Waals surface area contributed by atoms with Crippen molar-refractivity contribution >= 4 is 5.91 Å². The van der Waals surface area contributed by atoms with E-state index in [1.54, 1.807) is 12.5 Å². The summed E-state index contributed by atoms with van der Waals surface area (Å²) in [7, 11) is 0. The van der Waals surface area contributed by atoms with Crippen LogP contribution in [0.15, 0.2) is 23.8 Å². The fourth-order valence-electron chi connectivity index (χ4n) is 3.81. The molecule has 2 atom stereocenters. The lowest BCUT2D eigenvalue weighted by Crippen LogP contribution is -2.45. The Bertz CT molecular complexity index is 405. The van der Waals surface area contributed by atoms with Crippen LogP contribution in [0, 0.1) is 11.8 Å². The van der Waals surface area contributed by atoms with Crippen molar-refractivity contribution in [2.75, 3.05) is 19.6 Å². The number of carbonyl (C=O) groups excluding carboxylic acids is 1. The Balaban J connectivity index is 1.65. The first-order valence-corrected chi connectivity index (χ1v) is 7.58. The molecule has 19 heavy (non-hydrogen) atoms. The van der Waals surface area contributed by atoms with Crippen LogP contribution in [0.3, 0.4) is 0 Å². The molecule has 2 saturated heterocycles. The van der Waals surface area contributed by atoms with Crippen molar-refractivity contribution in [2.24, 2.45) is 11.8 Å². The lowest BCUT2D eigenvalue weighted by Gasteiger charge is -2.40. The zero-order valence-corrected chi connectivity index (χ0v) is 11.8. The minimum Gasteiger partial charge on any atom is -0.343 e. The predicted molar refractivity (Wildman–Crippen MR) is 76.7 cm³/mol. The van der Waals surface area contributed by atoms with E-state index in [0.29, 0.717) is 12.0 Å². The van der Waals surface area contributed by atoms with Crippen molar-refractivity contribution in [1.29, 1.82) is 0 Å². The lowest BCUT2D eigenvalue weighted by molar-refractivity contribution is -0.130. The van der Waals surface area contributed by atoms with Crippen LogP contribution in [-0.2, 0) is 4.79 Å². The van der Waals surface area contributed by atoms with Gasteiger partial charge in [0.1, 0.15) is 0 Å². The van der Waals surface area contributed by atoms with Gasteiger partial charge in [0.2, 0.25) is 5.91 Å². The number of nitrogens with zero attached hydrogens (tertiary/aromatic N) is 1. The van der Waals surface area contributed by atoms with Gasteiger partial charge in [-0.2, -0.15) is 0 Å². The normalized spacial score (nSPS) is 31.8. The maximum Gasteiger partial charge on any atom is 0.219 e. The van der Waals surface area contributed by atoms with Crippen molar-refractivity contribution in [3.8, 4) is 0 Å². The summed E-state index contributed by atoms with van der Waals surface area (Å²) in [4.78, 5) is 13.4. The van der Waals surface area contributed by atoms with Gasteiger partial charge in [0.05, 0.1) is 0 Å². The molecular weight excluding hydrogens is 236 g/mol. The van der Waals surface area contributed by atoms with E-state index in [2.05, 4.69) is 23.5 Å². The molecule has 2 fully saturated rings. The summed E-state index contributed by atoms with van der Waals surface area (Å²) >= 11 is 0.